The van der Waals surface area contributed by atoms with Crippen molar-refractivity contribution >= 4 is 51.5 Å². The standard InChI is InChI=1S/C24H16N2O4S2/c1-30-14-7-4-6-13(12-14)26-23(29)22(32-24(26)31)18-11-5-10-17(25-18)19-20(27)15-8-2-3-9-16(15)21(19)28/h2-12,19,22H,1H3. The molecule has 2 aromatic carbocycles. The fourth-order valence-electron chi connectivity index (χ4n) is 3.97. The van der Waals surface area contributed by atoms with Crippen molar-refractivity contribution in [1.82, 2.24) is 4.98 Å². The first-order valence-corrected chi connectivity index (χ1v) is 11.1. The number of thioether (sulfide) groups is 1. The van der Waals surface area contributed by atoms with Gasteiger partial charge in [-0.1, -0.05) is 60.4 Å². The minimum absolute atomic E-state index is 0.231. The van der Waals surface area contributed by atoms with Crippen molar-refractivity contribution in [2.45, 2.75) is 11.2 Å². The average Bonchev–Trinajstić information content (AvgIpc) is 3.26. The van der Waals surface area contributed by atoms with Gasteiger partial charge in [0.05, 0.1) is 24.2 Å². The third-order valence-corrected chi connectivity index (χ3v) is 7.03. The number of carbonyl (C=O) groups excluding carboxylic acids is 3. The highest BCUT2D eigenvalue weighted by Gasteiger charge is 2.42. The Morgan fingerprint density at radius 3 is 2.25 bits per heavy atom. The predicted octanol–water partition coefficient (Wildman–Crippen LogP) is 4.36. The Labute approximate surface area is 193 Å². The number of thiocarbonyl (C=S) groups is 1. The van der Waals surface area contributed by atoms with E-state index in [-0.39, 0.29) is 17.5 Å². The number of pyridine rings is 1. The Balaban J connectivity index is 1.47. The molecule has 1 aliphatic heterocycles. The second-order valence-corrected chi connectivity index (χ2v) is 9.07. The van der Waals surface area contributed by atoms with Crippen LogP contribution in [0.1, 0.15) is 43.3 Å². The number of anilines is 1. The lowest BCUT2D eigenvalue weighted by molar-refractivity contribution is -0.117. The number of hydrogen-bond donors (Lipinski definition) is 0. The van der Waals surface area contributed by atoms with Gasteiger partial charge in [0.2, 0.25) is 0 Å². The van der Waals surface area contributed by atoms with E-state index in [2.05, 4.69) is 4.98 Å². The number of aromatic nitrogens is 1. The highest BCUT2D eigenvalue weighted by molar-refractivity contribution is 8.24. The van der Waals surface area contributed by atoms with Crippen molar-refractivity contribution < 1.29 is 19.1 Å². The molecule has 0 spiro atoms. The lowest BCUT2D eigenvalue weighted by Gasteiger charge is -2.16. The normalized spacial score (nSPS) is 18.4. The monoisotopic (exact) mass is 460 g/mol. The Morgan fingerprint density at radius 1 is 0.906 bits per heavy atom. The van der Waals surface area contributed by atoms with Crippen LogP contribution in [0.2, 0.25) is 0 Å². The summed E-state index contributed by atoms with van der Waals surface area (Å²) in [6.45, 7) is 0. The fourth-order valence-corrected chi connectivity index (χ4v) is 5.41. The number of methoxy groups -OCH3 is 1. The molecule has 1 amide bonds. The summed E-state index contributed by atoms with van der Waals surface area (Å²) < 4.78 is 5.66. The first kappa shape index (κ1) is 20.5. The van der Waals surface area contributed by atoms with Gasteiger partial charge in [0.15, 0.2) is 11.6 Å². The number of carbonyl (C=O) groups is 3. The van der Waals surface area contributed by atoms with Crippen molar-refractivity contribution in [3.63, 3.8) is 0 Å². The Morgan fingerprint density at radius 2 is 1.56 bits per heavy atom. The SMILES string of the molecule is COc1cccc(N2C(=O)C(c3cccc(C4C(=O)c5ccccc5C4=O)n3)SC2=S)c1. The Kier molecular flexibility index (Phi) is 5.11. The van der Waals surface area contributed by atoms with Crippen LogP contribution in [0.15, 0.2) is 66.7 Å². The van der Waals surface area contributed by atoms with Crippen LogP contribution in [0.3, 0.4) is 0 Å². The van der Waals surface area contributed by atoms with Crippen LogP contribution in [-0.4, -0.2) is 33.9 Å². The molecular weight excluding hydrogens is 444 g/mol. The molecule has 1 atom stereocenters. The topological polar surface area (TPSA) is 76.6 Å². The van der Waals surface area contributed by atoms with Crippen molar-refractivity contribution in [1.29, 1.82) is 0 Å². The lowest BCUT2D eigenvalue weighted by Crippen LogP contribution is -2.29. The van der Waals surface area contributed by atoms with Crippen molar-refractivity contribution in [2.24, 2.45) is 0 Å². The van der Waals surface area contributed by atoms with E-state index in [0.29, 0.717) is 38.3 Å². The molecule has 158 valence electrons. The van der Waals surface area contributed by atoms with E-state index in [4.69, 9.17) is 17.0 Å². The van der Waals surface area contributed by atoms with Gasteiger partial charge in [0.1, 0.15) is 21.2 Å². The Bertz CT molecular complexity index is 1270. The smallest absolute Gasteiger partial charge is 0.252 e. The molecule has 3 aromatic rings. The molecule has 0 radical (unpaired) electrons. The summed E-state index contributed by atoms with van der Waals surface area (Å²) in [6.07, 6.45) is 0. The maximum atomic E-state index is 13.3. The zero-order valence-electron chi connectivity index (χ0n) is 16.8. The molecule has 1 aliphatic carbocycles. The van der Waals surface area contributed by atoms with Gasteiger partial charge in [0, 0.05) is 17.2 Å². The molecule has 1 aromatic heterocycles. The molecule has 5 rings (SSSR count). The van der Waals surface area contributed by atoms with Gasteiger partial charge in [-0.05, 0) is 24.3 Å². The summed E-state index contributed by atoms with van der Waals surface area (Å²) in [5, 5.41) is -0.664. The molecule has 8 heteroatoms. The predicted molar refractivity (Wildman–Crippen MR) is 125 cm³/mol. The quantitative estimate of drug-likeness (QED) is 0.423. The van der Waals surface area contributed by atoms with Crippen LogP contribution in [-0.2, 0) is 4.79 Å². The van der Waals surface area contributed by atoms with E-state index >= 15 is 0 Å². The summed E-state index contributed by atoms with van der Waals surface area (Å²) in [7, 11) is 1.56. The summed E-state index contributed by atoms with van der Waals surface area (Å²) in [4.78, 5) is 45.1. The second-order valence-electron chi connectivity index (χ2n) is 7.33. The van der Waals surface area contributed by atoms with E-state index in [1.165, 1.54) is 16.7 Å². The minimum Gasteiger partial charge on any atom is -0.497 e. The molecule has 1 unspecified atom stereocenters. The van der Waals surface area contributed by atoms with Gasteiger partial charge in [-0.3, -0.25) is 24.3 Å². The van der Waals surface area contributed by atoms with E-state index in [0.717, 1.165) is 0 Å². The summed E-state index contributed by atoms with van der Waals surface area (Å²) in [6, 6.07) is 19.0. The van der Waals surface area contributed by atoms with Crippen LogP contribution in [0.5, 0.6) is 5.75 Å². The number of rotatable bonds is 4. The molecule has 0 saturated carbocycles. The van der Waals surface area contributed by atoms with Crippen LogP contribution in [0, 0.1) is 0 Å². The first-order valence-electron chi connectivity index (χ1n) is 9.82. The first-order chi connectivity index (χ1) is 15.5. The molecule has 0 N–H and O–H groups in total. The number of ketones is 2. The number of fused-ring (bicyclic) bond motifs is 1. The molecular formula is C24H16N2O4S2. The van der Waals surface area contributed by atoms with Crippen molar-refractivity contribution in [3.8, 4) is 5.75 Å². The van der Waals surface area contributed by atoms with Crippen molar-refractivity contribution in [3.05, 3.63) is 89.2 Å². The van der Waals surface area contributed by atoms with Crippen LogP contribution < -0.4 is 9.64 Å². The largest absolute Gasteiger partial charge is 0.497 e. The molecule has 32 heavy (non-hydrogen) atoms. The molecule has 1 fully saturated rings. The number of nitrogens with zero attached hydrogens (tertiary/aromatic N) is 2. The number of hydrogen-bond acceptors (Lipinski definition) is 7. The summed E-state index contributed by atoms with van der Waals surface area (Å²) in [5.74, 6) is -1.14. The van der Waals surface area contributed by atoms with Gasteiger partial charge < -0.3 is 4.74 Å². The zero-order valence-corrected chi connectivity index (χ0v) is 18.5. The van der Waals surface area contributed by atoms with Crippen LogP contribution in [0.4, 0.5) is 5.69 Å². The average molecular weight is 461 g/mol. The van der Waals surface area contributed by atoms with Crippen LogP contribution >= 0.6 is 24.0 Å². The summed E-state index contributed by atoms with van der Waals surface area (Å²) >= 11 is 6.69. The zero-order chi connectivity index (χ0) is 22.4. The third-order valence-electron chi connectivity index (χ3n) is 5.50. The van der Waals surface area contributed by atoms with Gasteiger partial charge in [-0.2, -0.15) is 0 Å². The van der Waals surface area contributed by atoms with Crippen LogP contribution in [0.25, 0.3) is 0 Å². The van der Waals surface area contributed by atoms with Gasteiger partial charge in [0.25, 0.3) is 5.91 Å². The molecule has 2 aliphatic rings. The maximum absolute atomic E-state index is 13.3. The lowest BCUT2D eigenvalue weighted by atomic mass is 9.98. The third kappa shape index (κ3) is 3.23. The highest BCUT2D eigenvalue weighted by Crippen LogP contribution is 2.42. The highest BCUT2D eigenvalue weighted by atomic mass is 32.2. The number of Topliss-reactive ketones (excluding diaryl/α,β-unsaturated/α-hetero) is 2. The number of ether oxygens (including phenoxy) is 1. The number of amides is 1. The molecule has 6 nitrogen and oxygen atoms in total. The van der Waals surface area contributed by atoms with Crippen molar-refractivity contribution in [2.75, 3.05) is 12.0 Å². The molecule has 1 saturated heterocycles. The molecule has 2 heterocycles. The minimum atomic E-state index is -0.990. The van der Waals surface area contributed by atoms with Gasteiger partial charge in [-0.15, -0.1) is 0 Å². The van der Waals surface area contributed by atoms with E-state index in [1.54, 1.807) is 73.8 Å². The second kappa shape index (κ2) is 7.96. The Hall–Kier alpha value is -3.36. The van der Waals surface area contributed by atoms with Gasteiger partial charge >= 0.3 is 0 Å². The molecule has 0 bridgehead atoms. The maximum Gasteiger partial charge on any atom is 0.252 e. The number of benzene rings is 2. The van der Waals surface area contributed by atoms with E-state index in [1.807, 2.05) is 0 Å². The van der Waals surface area contributed by atoms with E-state index < -0.39 is 11.2 Å². The van der Waals surface area contributed by atoms with E-state index in [9.17, 15) is 14.4 Å². The summed E-state index contributed by atoms with van der Waals surface area (Å²) in [5.41, 5.74) is 2.23. The van der Waals surface area contributed by atoms with Gasteiger partial charge in [-0.25, -0.2) is 0 Å². The fraction of sp³-hybridized carbons (Fsp3) is 0.125.